The fourth-order valence-corrected chi connectivity index (χ4v) is 0.973. The van der Waals surface area contributed by atoms with Crippen LogP contribution in [0.4, 0.5) is 0 Å². The third kappa shape index (κ3) is 5.60. The first-order chi connectivity index (χ1) is 5.58. The topological polar surface area (TPSA) is 66.5 Å². The summed E-state index contributed by atoms with van der Waals surface area (Å²) in [7, 11) is 0. The van der Waals surface area contributed by atoms with Crippen LogP contribution in [0.3, 0.4) is 0 Å². The van der Waals surface area contributed by atoms with Gasteiger partial charge in [0.15, 0.2) is 0 Å². The maximum Gasteiger partial charge on any atom is 0.220 e. The van der Waals surface area contributed by atoms with Gasteiger partial charge in [-0.05, 0) is 12.0 Å². The van der Waals surface area contributed by atoms with Crippen LogP contribution in [0.2, 0.25) is 0 Å². The molecule has 0 atom stereocenters. The van der Waals surface area contributed by atoms with Gasteiger partial charge >= 0.3 is 0 Å². The quantitative estimate of drug-likeness (QED) is 0.632. The Hall–Kier alpha value is -0.610. The number of nitrogens with two attached hydrogens (primary N) is 1. The molecule has 0 heterocycles. The van der Waals surface area contributed by atoms with E-state index in [0.29, 0.717) is 6.42 Å². The predicted molar refractivity (Wildman–Crippen MR) is 53.4 cm³/mol. The van der Waals surface area contributed by atoms with Gasteiger partial charge in [-0.15, -0.1) is 12.4 Å². The molecule has 0 saturated carbocycles. The molecule has 13 heavy (non-hydrogen) atoms. The first kappa shape index (κ1) is 12.4. The highest BCUT2D eigenvalue weighted by Crippen LogP contribution is 2.06. The van der Waals surface area contributed by atoms with Crippen molar-refractivity contribution < 1.29 is 10.2 Å². The molecule has 0 bridgehead atoms. The number of aliphatic hydroxyl groups is 2. The number of benzene rings is 1. The zero-order valence-corrected chi connectivity index (χ0v) is 8.00. The van der Waals surface area contributed by atoms with E-state index in [2.05, 4.69) is 0 Å². The summed E-state index contributed by atoms with van der Waals surface area (Å²) >= 11 is 0. The van der Waals surface area contributed by atoms with Gasteiger partial charge in [-0.25, -0.2) is 0 Å². The Balaban J connectivity index is 0.00000144. The smallest absolute Gasteiger partial charge is 0.220 e. The maximum atomic E-state index is 8.81. The van der Waals surface area contributed by atoms with Crippen LogP contribution in [0.25, 0.3) is 0 Å². The van der Waals surface area contributed by atoms with Crippen molar-refractivity contribution in [1.82, 2.24) is 0 Å². The van der Waals surface area contributed by atoms with Crippen LogP contribution < -0.4 is 5.73 Å². The lowest BCUT2D eigenvalue weighted by Crippen LogP contribution is -2.39. The van der Waals surface area contributed by atoms with Crippen molar-refractivity contribution in [2.24, 2.45) is 5.73 Å². The Bertz CT molecular complexity index is 233. The lowest BCUT2D eigenvalue weighted by atomic mass is 10.1. The summed E-state index contributed by atoms with van der Waals surface area (Å²) in [5, 5.41) is 17.6. The summed E-state index contributed by atoms with van der Waals surface area (Å²) < 4.78 is 0. The van der Waals surface area contributed by atoms with Crippen LogP contribution in [0.5, 0.6) is 0 Å². The fourth-order valence-electron chi connectivity index (χ4n) is 0.973. The van der Waals surface area contributed by atoms with Gasteiger partial charge < -0.3 is 10.2 Å². The number of rotatable bonds is 3. The molecule has 0 aliphatic carbocycles. The van der Waals surface area contributed by atoms with E-state index in [0.717, 1.165) is 5.56 Å². The largest absolute Gasteiger partial charge is 0.354 e. The van der Waals surface area contributed by atoms with Crippen molar-refractivity contribution in [3.05, 3.63) is 35.9 Å². The Morgan fingerprint density at radius 2 is 1.69 bits per heavy atom. The van der Waals surface area contributed by atoms with Crippen LogP contribution in [0.15, 0.2) is 30.3 Å². The number of hydrogen-bond donors (Lipinski definition) is 3. The molecule has 4 heteroatoms. The van der Waals surface area contributed by atoms with E-state index in [1.165, 1.54) is 0 Å². The van der Waals surface area contributed by atoms with Crippen molar-refractivity contribution in [3.63, 3.8) is 0 Å². The Kier molecular flexibility index (Phi) is 4.95. The van der Waals surface area contributed by atoms with E-state index in [4.69, 9.17) is 15.9 Å². The van der Waals surface area contributed by atoms with E-state index in [9.17, 15) is 0 Å². The third-order valence-corrected chi connectivity index (χ3v) is 1.62. The molecule has 0 aromatic heterocycles. The molecule has 1 rings (SSSR count). The molecule has 3 nitrogen and oxygen atoms in total. The second-order valence-corrected chi connectivity index (χ2v) is 2.86. The normalized spacial score (nSPS) is 10.7. The molecule has 0 radical (unpaired) electrons. The second-order valence-electron chi connectivity index (χ2n) is 2.86. The fraction of sp³-hybridized carbons (Fsp3) is 0.333. The van der Waals surface area contributed by atoms with Gasteiger partial charge in [0.25, 0.3) is 0 Å². The highest BCUT2D eigenvalue weighted by molar-refractivity contribution is 5.85. The van der Waals surface area contributed by atoms with Crippen molar-refractivity contribution in [1.29, 1.82) is 0 Å². The molecule has 0 aliphatic rings. The molecule has 0 spiro atoms. The van der Waals surface area contributed by atoms with E-state index in [-0.39, 0.29) is 18.8 Å². The summed E-state index contributed by atoms with van der Waals surface area (Å²) in [6, 6.07) is 9.57. The number of aryl methyl sites for hydroxylation is 1. The molecule has 0 amide bonds. The molecule has 4 N–H and O–H groups in total. The van der Waals surface area contributed by atoms with Gasteiger partial charge in [-0.2, -0.15) is 0 Å². The number of hydrogen-bond acceptors (Lipinski definition) is 3. The molecule has 1 aromatic carbocycles. The van der Waals surface area contributed by atoms with Gasteiger partial charge in [0.1, 0.15) is 0 Å². The summed E-state index contributed by atoms with van der Waals surface area (Å²) in [4.78, 5) is 0. The summed E-state index contributed by atoms with van der Waals surface area (Å²) in [6.45, 7) is 0. The molecule has 0 saturated heterocycles. The molecule has 0 aliphatic heterocycles. The minimum Gasteiger partial charge on any atom is -0.354 e. The number of halogens is 1. The zero-order valence-electron chi connectivity index (χ0n) is 7.18. The monoisotopic (exact) mass is 203 g/mol. The molecular formula is C9H14ClNO2. The van der Waals surface area contributed by atoms with Crippen LogP contribution in [-0.4, -0.2) is 16.1 Å². The van der Waals surface area contributed by atoms with Crippen LogP contribution in [0, 0.1) is 0 Å². The van der Waals surface area contributed by atoms with Gasteiger partial charge in [-0.3, -0.25) is 5.73 Å². The van der Waals surface area contributed by atoms with Crippen LogP contribution in [0.1, 0.15) is 12.0 Å². The van der Waals surface area contributed by atoms with Gasteiger partial charge in [-0.1, -0.05) is 30.3 Å². The van der Waals surface area contributed by atoms with Crippen molar-refractivity contribution in [2.45, 2.75) is 18.8 Å². The first-order valence-electron chi connectivity index (χ1n) is 3.85. The standard InChI is InChI=1S/C9H13NO2.ClH/c10-9(11,12)7-6-8-4-2-1-3-5-8;/h1-5,11-12H,6-7,10H2;1H. The minimum absolute atomic E-state index is 0. The zero-order chi connectivity index (χ0) is 9.03. The van der Waals surface area contributed by atoms with Gasteiger partial charge in [0.05, 0.1) is 0 Å². The Morgan fingerprint density at radius 3 is 2.15 bits per heavy atom. The molecule has 1 aromatic rings. The van der Waals surface area contributed by atoms with Crippen molar-refractivity contribution in [3.8, 4) is 0 Å². The average Bonchev–Trinajstić information content (AvgIpc) is 2.02. The average molecular weight is 204 g/mol. The van der Waals surface area contributed by atoms with E-state index in [1.54, 1.807) is 0 Å². The molecule has 0 unspecified atom stereocenters. The first-order valence-corrected chi connectivity index (χ1v) is 3.85. The van der Waals surface area contributed by atoms with Gasteiger partial charge in [0, 0.05) is 6.42 Å². The summed E-state index contributed by atoms with van der Waals surface area (Å²) in [6.07, 6.45) is 0.724. The summed E-state index contributed by atoms with van der Waals surface area (Å²) in [5.74, 6) is -2.05. The lowest BCUT2D eigenvalue weighted by molar-refractivity contribution is -0.159. The highest BCUT2D eigenvalue weighted by Gasteiger charge is 2.14. The van der Waals surface area contributed by atoms with Gasteiger partial charge in [0.2, 0.25) is 5.91 Å². The van der Waals surface area contributed by atoms with Crippen molar-refractivity contribution in [2.75, 3.05) is 0 Å². The SMILES string of the molecule is Cl.NC(O)(O)CCc1ccccc1. The predicted octanol–water partition coefficient (Wildman–Crippen LogP) is 0.638. The Labute approximate surface area is 83.6 Å². The minimum atomic E-state index is -2.05. The van der Waals surface area contributed by atoms with Crippen LogP contribution in [-0.2, 0) is 6.42 Å². The van der Waals surface area contributed by atoms with Crippen molar-refractivity contribution >= 4 is 12.4 Å². The summed E-state index contributed by atoms with van der Waals surface area (Å²) in [5.41, 5.74) is 6.05. The van der Waals surface area contributed by atoms with E-state index < -0.39 is 5.91 Å². The van der Waals surface area contributed by atoms with E-state index in [1.807, 2.05) is 30.3 Å². The Morgan fingerprint density at radius 1 is 1.15 bits per heavy atom. The van der Waals surface area contributed by atoms with E-state index >= 15 is 0 Å². The molecular weight excluding hydrogens is 190 g/mol. The second kappa shape index (κ2) is 5.19. The maximum absolute atomic E-state index is 8.81. The lowest BCUT2D eigenvalue weighted by Gasteiger charge is -2.14. The van der Waals surface area contributed by atoms with Crippen LogP contribution >= 0.6 is 12.4 Å². The molecule has 0 fully saturated rings. The molecule has 74 valence electrons. The third-order valence-electron chi connectivity index (χ3n) is 1.62. The highest BCUT2D eigenvalue weighted by atomic mass is 35.5.